The Kier molecular flexibility index (Phi) is 9.11. The average Bonchev–Trinajstić information content (AvgIpc) is 2.99. The van der Waals surface area contributed by atoms with E-state index < -0.39 is 0 Å². The highest BCUT2D eigenvalue weighted by molar-refractivity contribution is 5.98. The van der Waals surface area contributed by atoms with Crippen LogP contribution >= 0.6 is 0 Å². The van der Waals surface area contributed by atoms with Gasteiger partial charge in [-0.1, -0.05) is 6.92 Å². The molecular formula is C23H38N4O3. The summed E-state index contributed by atoms with van der Waals surface area (Å²) in [5, 5.41) is 3.00. The Balaban J connectivity index is 2.01. The first kappa shape index (κ1) is 24.2. The number of esters is 1. The van der Waals surface area contributed by atoms with E-state index in [0.717, 1.165) is 56.2 Å². The molecule has 1 amide bonds. The van der Waals surface area contributed by atoms with Crippen molar-refractivity contribution in [1.29, 1.82) is 0 Å². The lowest BCUT2D eigenvalue weighted by Crippen LogP contribution is -2.52. The number of carbonyl (C=O) groups is 2. The fourth-order valence-corrected chi connectivity index (χ4v) is 4.16. The van der Waals surface area contributed by atoms with Gasteiger partial charge in [0.1, 0.15) is 0 Å². The van der Waals surface area contributed by atoms with E-state index in [9.17, 15) is 9.59 Å². The van der Waals surface area contributed by atoms with Crippen LogP contribution in [0, 0.1) is 13.8 Å². The summed E-state index contributed by atoms with van der Waals surface area (Å²) >= 11 is 0. The molecule has 1 atom stereocenters. The van der Waals surface area contributed by atoms with Crippen LogP contribution in [-0.2, 0) is 16.1 Å². The Morgan fingerprint density at radius 1 is 1.07 bits per heavy atom. The van der Waals surface area contributed by atoms with Crippen LogP contribution in [0.1, 0.15) is 55.0 Å². The molecule has 2 rings (SSSR count). The molecule has 0 bridgehead atoms. The molecule has 7 heteroatoms. The van der Waals surface area contributed by atoms with Crippen molar-refractivity contribution >= 4 is 18.0 Å². The Hall–Kier alpha value is -2.12. The van der Waals surface area contributed by atoms with E-state index in [1.807, 2.05) is 20.8 Å². The van der Waals surface area contributed by atoms with Crippen LogP contribution in [0.2, 0.25) is 0 Å². The van der Waals surface area contributed by atoms with Gasteiger partial charge in [-0.05, 0) is 47.2 Å². The van der Waals surface area contributed by atoms with Gasteiger partial charge >= 0.3 is 5.97 Å². The number of hydrogen-bond donors (Lipinski definition) is 1. The topological polar surface area (TPSA) is 66.8 Å². The minimum Gasteiger partial charge on any atom is -0.462 e. The summed E-state index contributed by atoms with van der Waals surface area (Å²) in [6.07, 6.45) is 3.26. The number of hydrogen-bond acceptors (Lipinski definition) is 5. The molecule has 7 nitrogen and oxygen atoms in total. The molecule has 30 heavy (non-hydrogen) atoms. The summed E-state index contributed by atoms with van der Waals surface area (Å²) in [6, 6.07) is 0.293. The van der Waals surface area contributed by atoms with Gasteiger partial charge in [0.15, 0.2) is 0 Å². The van der Waals surface area contributed by atoms with E-state index in [2.05, 4.69) is 33.5 Å². The van der Waals surface area contributed by atoms with Crippen molar-refractivity contribution in [3.05, 3.63) is 28.6 Å². The van der Waals surface area contributed by atoms with E-state index >= 15 is 0 Å². The fraction of sp³-hybridized carbons (Fsp3) is 0.652. The zero-order valence-corrected chi connectivity index (χ0v) is 19.5. The van der Waals surface area contributed by atoms with Gasteiger partial charge in [-0.2, -0.15) is 0 Å². The number of rotatable bonds is 9. The van der Waals surface area contributed by atoms with Gasteiger partial charge in [0.2, 0.25) is 5.91 Å². The molecule has 0 aromatic carbocycles. The van der Waals surface area contributed by atoms with Gasteiger partial charge in [0, 0.05) is 68.3 Å². The van der Waals surface area contributed by atoms with Crippen LogP contribution in [0.25, 0.3) is 6.08 Å². The number of aromatic nitrogens is 1. The van der Waals surface area contributed by atoms with Gasteiger partial charge in [-0.15, -0.1) is 0 Å². The average molecular weight is 419 g/mol. The van der Waals surface area contributed by atoms with Gasteiger partial charge in [0.25, 0.3) is 0 Å². The molecule has 1 N–H and O–H groups in total. The normalized spacial score (nSPS) is 16.7. The van der Waals surface area contributed by atoms with E-state index in [0.29, 0.717) is 24.8 Å². The highest BCUT2D eigenvalue weighted by Gasteiger charge is 2.23. The zero-order valence-electron chi connectivity index (χ0n) is 19.5. The second-order valence-electron chi connectivity index (χ2n) is 7.82. The number of likely N-dealkylation sites (N-methyl/N-ethyl adjacent to an activating group) is 1. The van der Waals surface area contributed by atoms with Crippen molar-refractivity contribution in [3.63, 3.8) is 0 Å². The maximum absolute atomic E-state index is 12.5. The molecule has 0 aliphatic carbocycles. The molecule has 2 heterocycles. The van der Waals surface area contributed by atoms with Crippen LogP contribution in [0.4, 0.5) is 0 Å². The van der Waals surface area contributed by atoms with Gasteiger partial charge < -0.3 is 19.5 Å². The van der Waals surface area contributed by atoms with E-state index in [1.54, 1.807) is 13.0 Å². The lowest BCUT2D eigenvalue weighted by molar-refractivity contribution is -0.116. The first-order valence-corrected chi connectivity index (χ1v) is 11.1. The van der Waals surface area contributed by atoms with Crippen molar-refractivity contribution in [2.24, 2.45) is 0 Å². The quantitative estimate of drug-likeness (QED) is 0.493. The Bertz CT molecular complexity index is 761. The highest BCUT2D eigenvalue weighted by Crippen LogP contribution is 2.25. The first-order valence-electron chi connectivity index (χ1n) is 11.1. The van der Waals surface area contributed by atoms with Crippen LogP contribution < -0.4 is 5.32 Å². The molecular weight excluding hydrogens is 380 g/mol. The first-order chi connectivity index (χ1) is 14.3. The third-order valence-corrected chi connectivity index (χ3v) is 6.08. The molecule has 0 radical (unpaired) electrons. The maximum Gasteiger partial charge on any atom is 0.340 e. The van der Waals surface area contributed by atoms with Crippen LogP contribution in [0.15, 0.2) is 6.08 Å². The standard InChI is InChI=1S/C23H38N4O3/c1-7-25-12-14-26(15-13-25)17(4)16-24-21(28)11-10-20-18(5)27(8-2)19(6)22(20)23(29)30-9-3/h10-11,17H,7-9,12-16H2,1-6H3,(H,24,28). The lowest BCUT2D eigenvalue weighted by Gasteiger charge is -2.37. The molecule has 0 spiro atoms. The minimum atomic E-state index is -0.342. The summed E-state index contributed by atoms with van der Waals surface area (Å²) in [6.45, 7) is 19.1. The van der Waals surface area contributed by atoms with E-state index in [1.165, 1.54) is 6.08 Å². The molecule has 1 saturated heterocycles. The van der Waals surface area contributed by atoms with Crippen molar-refractivity contribution < 1.29 is 14.3 Å². The number of carbonyl (C=O) groups excluding carboxylic acids is 2. The van der Waals surface area contributed by atoms with Crippen molar-refractivity contribution in [2.45, 2.75) is 54.1 Å². The fourth-order valence-electron chi connectivity index (χ4n) is 4.16. The largest absolute Gasteiger partial charge is 0.462 e. The van der Waals surface area contributed by atoms with Crippen LogP contribution in [0.5, 0.6) is 0 Å². The smallest absolute Gasteiger partial charge is 0.340 e. The van der Waals surface area contributed by atoms with Gasteiger partial charge in [0.05, 0.1) is 12.2 Å². The number of nitrogens with zero attached hydrogens (tertiary/aromatic N) is 3. The Labute approximate surface area is 181 Å². The predicted octanol–water partition coefficient (Wildman–Crippen LogP) is 2.46. The summed E-state index contributed by atoms with van der Waals surface area (Å²) in [5.74, 6) is -0.490. The summed E-state index contributed by atoms with van der Waals surface area (Å²) in [4.78, 5) is 29.8. The third kappa shape index (κ3) is 5.73. The van der Waals surface area contributed by atoms with Crippen molar-refractivity contribution in [2.75, 3.05) is 45.9 Å². The number of amides is 1. The monoisotopic (exact) mass is 418 g/mol. The van der Waals surface area contributed by atoms with E-state index in [4.69, 9.17) is 4.74 Å². The van der Waals surface area contributed by atoms with Crippen molar-refractivity contribution in [3.8, 4) is 0 Å². The Morgan fingerprint density at radius 3 is 2.30 bits per heavy atom. The van der Waals surface area contributed by atoms with Gasteiger partial charge in [-0.3, -0.25) is 9.69 Å². The number of ether oxygens (including phenoxy) is 1. The molecule has 0 saturated carbocycles. The number of nitrogens with one attached hydrogen (secondary N) is 1. The van der Waals surface area contributed by atoms with Crippen LogP contribution in [0.3, 0.4) is 0 Å². The molecule has 1 aliphatic heterocycles. The second-order valence-corrected chi connectivity index (χ2v) is 7.82. The summed E-state index contributed by atoms with van der Waals surface area (Å²) in [5.41, 5.74) is 3.13. The highest BCUT2D eigenvalue weighted by atomic mass is 16.5. The predicted molar refractivity (Wildman–Crippen MR) is 121 cm³/mol. The maximum atomic E-state index is 12.5. The summed E-state index contributed by atoms with van der Waals surface area (Å²) < 4.78 is 7.31. The SMILES string of the molecule is CCOC(=O)c1c(C=CC(=O)NCC(C)N2CCN(CC)CC2)c(C)n(CC)c1C. The number of piperazine rings is 1. The van der Waals surface area contributed by atoms with Crippen LogP contribution in [-0.4, -0.2) is 78.2 Å². The van der Waals surface area contributed by atoms with E-state index in [-0.39, 0.29) is 11.9 Å². The van der Waals surface area contributed by atoms with Crippen molar-refractivity contribution in [1.82, 2.24) is 19.7 Å². The molecule has 1 fully saturated rings. The minimum absolute atomic E-state index is 0.148. The molecule has 1 unspecified atom stereocenters. The molecule has 168 valence electrons. The zero-order chi connectivity index (χ0) is 22.3. The van der Waals surface area contributed by atoms with Gasteiger partial charge in [-0.25, -0.2) is 4.79 Å². The molecule has 1 aromatic heterocycles. The molecule has 1 aliphatic rings. The summed E-state index contributed by atoms with van der Waals surface area (Å²) in [7, 11) is 0. The molecule has 1 aromatic rings. The third-order valence-electron chi connectivity index (χ3n) is 6.08. The lowest BCUT2D eigenvalue weighted by atomic mass is 10.1. The second kappa shape index (κ2) is 11.3. The Morgan fingerprint density at radius 2 is 1.73 bits per heavy atom.